The molecule has 0 heterocycles. The summed E-state index contributed by atoms with van der Waals surface area (Å²) in [7, 11) is -3.76. The molecule has 6 heteroatoms. The Morgan fingerprint density at radius 1 is 1.15 bits per heavy atom. The highest BCUT2D eigenvalue weighted by Crippen LogP contribution is 2.28. The topological polar surface area (TPSA) is 37.4 Å². The van der Waals surface area contributed by atoms with E-state index in [4.69, 9.17) is 0 Å². The molecule has 0 saturated heterocycles. The Kier molecular flexibility index (Phi) is 4.75. The summed E-state index contributed by atoms with van der Waals surface area (Å²) >= 11 is 0. The van der Waals surface area contributed by atoms with Crippen molar-refractivity contribution in [3.05, 3.63) is 29.8 Å². The zero-order valence-electron chi connectivity index (χ0n) is 11.5. The van der Waals surface area contributed by atoms with E-state index in [0.717, 1.165) is 50.3 Å². The molecule has 0 spiro atoms. The van der Waals surface area contributed by atoms with Crippen LogP contribution >= 0.6 is 0 Å². The van der Waals surface area contributed by atoms with Gasteiger partial charge in [-0.2, -0.15) is 4.31 Å². The minimum Gasteiger partial charge on any atom is -0.207 e. The van der Waals surface area contributed by atoms with Crippen molar-refractivity contribution in [2.24, 2.45) is 0 Å². The van der Waals surface area contributed by atoms with Crippen LogP contribution in [0.5, 0.6) is 0 Å². The van der Waals surface area contributed by atoms with Crippen molar-refractivity contribution in [2.45, 2.75) is 50.0 Å². The first-order valence-electron chi connectivity index (χ1n) is 6.93. The summed E-state index contributed by atoms with van der Waals surface area (Å²) in [5.74, 6) is -2.17. The Balaban J connectivity index is 2.32. The molecular weight excluding hydrogens is 284 g/mol. The number of nitrogens with zero attached hydrogens (tertiary/aromatic N) is 1. The summed E-state index contributed by atoms with van der Waals surface area (Å²) in [6.45, 7) is 2.11. The molecule has 2 rings (SSSR count). The molecule has 3 nitrogen and oxygen atoms in total. The molecule has 0 atom stereocenters. The van der Waals surface area contributed by atoms with Crippen LogP contribution < -0.4 is 0 Å². The van der Waals surface area contributed by atoms with Crippen LogP contribution in [0.15, 0.2) is 23.1 Å². The summed E-state index contributed by atoms with van der Waals surface area (Å²) in [4.78, 5) is -0.177. The quantitative estimate of drug-likeness (QED) is 0.856. The van der Waals surface area contributed by atoms with Crippen LogP contribution in [0.1, 0.15) is 39.0 Å². The molecule has 20 heavy (non-hydrogen) atoms. The molecule has 0 aromatic heterocycles. The van der Waals surface area contributed by atoms with Gasteiger partial charge in [0.1, 0.15) is 0 Å². The number of sulfonamides is 1. The molecule has 0 N–H and O–H groups in total. The Hall–Kier alpha value is -1.01. The highest BCUT2D eigenvalue weighted by Gasteiger charge is 2.31. The molecule has 0 unspecified atom stereocenters. The van der Waals surface area contributed by atoms with Gasteiger partial charge in [-0.15, -0.1) is 0 Å². The van der Waals surface area contributed by atoms with Gasteiger partial charge in [-0.25, -0.2) is 17.2 Å². The van der Waals surface area contributed by atoms with Crippen molar-refractivity contribution >= 4 is 10.0 Å². The van der Waals surface area contributed by atoms with Crippen LogP contribution in [0.4, 0.5) is 8.78 Å². The largest absolute Gasteiger partial charge is 0.243 e. The first kappa shape index (κ1) is 15.4. The molecule has 1 fully saturated rings. The third-order valence-electron chi connectivity index (χ3n) is 3.79. The Labute approximate surface area is 118 Å². The zero-order chi connectivity index (χ0) is 14.8. The first-order valence-corrected chi connectivity index (χ1v) is 8.37. The normalized spacial score (nSPS) is 17.6. The average Bonchev–Trinajstić information content (AvgIpc) is 2.43. The van der Waals surface area contributed by atoms with Crippen LogP contribution in [0, 0.1) is 11.6 Å². The van der Waals surface area contributed by atoms with Crippen LogP contribution in [0.3, 0.4) is 0 Å². The van der Waals surface area contributed by atoms with E-state index >= 15 is 0 Å². The maximum atomic E-state index is 13.3. The maximum Gasteiger partial charge on any atom is 0.243 e. The highest BCUT2D eigenvalue weighted by molar-refractivity contribution is 7.89. The molecular formula is C14H19F2NO2S. The smallest absolute Gasteiger partial charge is 0.207 e. The Morgan fingerprint density at radius 3 is 2.35 bits per heavy atom. The Bertz CT molecular complexity index is 569. The monoisotopic (exact) mass is 303 g/mol. The second-order valence-corrected chi connectivity index (χ2v) is 6.97. The summed E-state index contributed by atoms with van der Waals surface area (Å²) in [5, 5.41) is 0. The number of benzene rings is 1. The molecule has 1 aliphatic rings. The van der Waals surface area contributed by atoms with Crippen molar-refractivity contribution in [3.63, 3.8) is 0 Å². The van der Waals surface area contributed by atoms with Crippen molar-refractivity contribution in [1.29, 1.82) is 0 Å². The molecule has 0 radical (unpaired) electrons. The standard InChI is InChI=1S/C14H19F2NO2S/c1-2-17(11-6-4-3-5-7-11)20(18,19)12-8-9-13(15)14(16)10-12/h8-11H,2-7H2,1H3. The number of hydrogen-bond donors (Lipinski definition) is 0. The van der Waals surface area contributed by atoms with E-state index in [9.17, 15) is 17.2 Å². The maximum absolute atomic E-state index is 13.3. The molecule has 1 aromatic rings. The first-order chi connectivity index (χ1) is 9.46. The average molecular weight is 303 g/mol. The third-order valence-corrected chi connectivity index (χ3v) is 5.81. The van der Waals surface area contributed by atoms with E-state index in [2.05, 4.69) is 0 Å². The molecule has 0 aliphatic heterocycles. The zero-order valence-corrected chi connectivity index (χ0v) is 12.3. The summed E-state index contributed by atoms with van der Waals surface area (Å²) in [5.41, 5.74) is 0. The van der Waals surface area contributed by atoms with Gasteiger partial charge in [0.15, 0.2) is 11.6 Å². The third kappa shape index (κ3) is 3.01. The van der Waals surface area contributed by atoms with Gasteiger partial charge in [-0.1, -0.05) is 26.2 Å². The summed E-state index contributed by atoms with van der Waals surface area (Å²) < 4.78 is 52.7. The fourth-order valence-electron chi connectivity index (χ4n) is 2.77. The van der Waals surface area contributed by atoms with Gasteiger partial charge in [0, 0.05) is 12.6 Å². The van der Waals surface area contributed by atoms with Crippen LogP contribution in [0.2, 0.25) is 0 Å². The van der Waals surface area contributed by atoms with E-state index < -0.39 is 21.7 Å². The molecule has 1 saturated carbocycles. The number of halogens is 2. The van der Waals surface area contributed by atoms with Crippen LogP contribution in [0.25, 0.3) is 0 Å². The molecule has 0 amide bonds. The predicted molar refractivity (Wildman–Crippen MR) is 72.8 cm³/mol. The van der Waals surface area contributed by atoms with Gasteiger partial charge in [-0.3, -0.25) is 0 Å². The fraction of sp³-hybridized carbons (Fsp3) is 0.571. The molecule has 0 bridgehead atoms. The van der Waals surface area contributed by atoms with Gasteiger partial charge >= 0.3 is 0 Å². The lowest BCUT2D eigenvalue weighted by atomic mass is 9.95. The summed E-state index contributed by atoms with van der Waals surface area (Å²) in [6.07, 6.45) is 4.80. The number of hydrogen-bond acceptors (Lipinski definition) is 2. The van der Waals surface area contributed by atoms with Gasteiger partial charge < -0.3 is 0 Å². The molecule has 1 aliphatic carbocycles. The van der Waals surface area contributed by atoms with Gasteiger partial charge in [0.25, 0.3) is 0 Å². The van der Waals surface area contributed by atoms with Crippen molar-refractivity contribution in [2.75, 3.05) is 6.54 Å². The van der Waals surface area contributed by atoms with E-state index in [0.29, 0.717) is 6.54 Å². The van der Waals surface area contributed by atoms with Gasteiger partial charge in [0.2, 0.25) is 10.0 Å². The van der Waals surface area contributed by atoms with Crippen molar-refractivity contribution in [3.8, 4) is 0 Å². The van der Waals surface area contributed by atoms with Crippen LogP contribution in [-0.4, -0.2) is 25.3 Å². The van der Waals surface area contributed by atoms with Crippen LogP contribution in [-0.2, 0) is 10.0 Å². The molecule has 1 aromatic carbocycles. The second kappa shape index (κ2) is 6.18. The SMILES string of the molecule is CCN(C1CCCCC1)S(=O)(=O)c1ccc(F)c(F)c1. The second-order valence-electron chi connectivity index (χ2n) is 5.08. The fourth-order valence-corrected chi connectivity index (χ4v) is 4.47. The highest BCUT2D eigenvalue weighted by atomic mass is 32.2. The van der Waals surface area contributed by atoms with E-state index in [1.54, 1.807) is 6.92 Å². The van der Waals surface area contributed by atoms with E-state index in [1.807, 2.05) is 0 Å². The van der Waals surface area contributed by atoms with Crippen molar-refractivity contribution < 1.29 is 17.2 Å². The minimum absolute atomic E-state index is 0.0353. The number of rotatable bonds is 4. The van der Waals surface area contributed by atoms with E-state index in [-0.39, 0.29) is 10.9 Å². The lowest BCUT2D eigenvalue weighted by molar-refractivity contribution is 0.261. The van der Waals surface area contributed by atoms with E-state index in [1.165, 1.54) is 4.31 Å². The molecule has 112 valence electrons. The van der Waals surface area contributed by atoms with Crippen molar-refractivity contribution in [1.82, 2.24) is 4.31 Å². The predicted octanol–water partition coefficient (Wildman–Crippen LogP) is 3.31. The Morgan fingerprint density at radius 2 is 1.80 bits per heavy atom. The summed E-state index contributed by atoms with van der Waals surface area (Å²) in [6, 6.07) is 2.71. The van der Waals surface area contributed by atoms with Gasteiger partial charge in [-0.05, 0) is 31.0 Å². The lowest BCUT2D eigenvalue weighted by Gasteiger charge is -2.32. The minimum atomic E-state index is -3.76. The van der Waals surface area contributed by atoms with Gasteiger partial charge in [0.05, 0.1) is 4.90 Å². The lowest BCUT2D eigenvalue weighted by Crippen LogP contribution is -2.41.